The second-order valence-corrected chi connectivity index (χ2v) is 5.99. The number of rotatable bonds is 7. The predicted octanol–water partition coefficient (Wildman–Crippen LogP) is 1.91. The van der Waals surface area contributed by atoms with E-state index in [1.54, 1.807) is 0 Å². The molecular formula is C16H25NO3. The molecule has 0 spiro atoms. The van der Waals surface area contributed by atoms with Crippen molar-refractivity contribution in [2.45, 2.75) is 44.8 Å². The highest BCUT2D eigenvalue weighted by Gasteiger charge is 2.33. The first-order chi connectivity index (χ1) is 9.27. The number of carbonyl (C=O) groups excluding carboxylic acids is 1. The molecule has 4 heteroatoms. The van der Waals surface area contributed by atoms with Gasteiger partial charge in [-0.05, 0) is 39.2 Å². The first-order valence-electron chi connectivity index (χ1n) is 6.87. The van der Waals surface area contributed by atoms with Crippen LogP contribution in [0.1, 0.15) is 32.8 Å². The van der Waals surface area contributed by atoms with Crippen molar-refractivity contribution in [1.82, 2.24) is 5.32 Å². The highest BCUT2D eigenvalue weighted by atomic mass is 16.5. The van der Waals surface area contributed by atoms with Gasteiger partial charge in [0.1, 0.15) is 0 Å². The minimum Gasteiger partial charge on any atom is -0.467 e. The summed E-state index contributed by atoms with van der Waals surface area (Å²) in [6.45, 7) is 5.74. The molecule has 0 amide bonds. The Labute approximate surface area is 121 Å². The van der Waals surface area contributed by atoms with Gasteiger partial charge in [-0.1, -0.05) is 30.3 Å². The fourth-order valence-electron chi connectivity index (χ4n) is 1.89. The molecule has 1 atom stereocenters. The third-order valence-electron chi connectivity index (χ3n) is 3.42. The number of aliphatic hydroxyl groups is 1. The minimum atomic E-state index is -1.50. The van der Waals surface area contributed by atoms with Gasteiger partial charge >= 0.3 is 5.97 Å². The summed E-state index contributed by atoms with van der Waals surface area (Å²) in [6, 6.07) is 10.2. The molecule has 4 nitrogen and oxygen atoms in total. The van der Waals surface area contributed by atoms with E-state index in [4.69, 9.17) is 0 Å². The van der Waals surface area contributed by atoms with E-state index in [1.165, 1.54) is 19.6 Å². The summed E-state index contributed by atoms with van der Waals surface area (Å²) in [7, 11) is 1.28. The third-order valence-corrected chi connectivity index (χ3v) is 3.42. The first-order valence-corrected chi connectivity index (χ1v) is 6.87. The maximum absolute atomic E-state index is 11.4. The molecule has 112 valence electrons. The van der Waals surface area contributed by atoms with Crippen LogP contribution in [0.15, 0.2) is 30.3 Å². The van der Waals surface area contributed by atoms with E-state index in [2.05, 4.69) is 36.0 Å². The molecule has 1 unspecified atom stereocenters. The van der Waals surface area contributed by atoms with E-state index in [9.17, 15) is 9.90 Å². The molecule has 0 aliphatic rings. The molecule has 0 radical (unpaired) electrons. The summed E-state index contributed by atoms with van der Waals surface area (Å²) in [5, 5.41) is 13.2. The number of methoxy groups -OCH3 is 1. The van der Waals surface area contributed by atoms with Crippen LogP contribution >= 0.6 is 0 Å². The molecule has 0 saturated carbocycles. The smallest absolute Gasteiger partial charge is 0.338 e. The molecule has 0 aliphatic carbocycles. The van der Waals surface area contributed by atoms with Gasteiger partial charge in [0.15, 0.2) is 5.60 Å². The quantitative estimate of drug-likeness (QED) is 0.749. The zero-order valence-corrected chi connectivity index (χ0v) is 12.8. The Morgan fingerprint density at radius 1 is 1.25 bits per heavy atom. The summed E-state index contributed by atoms with van der Waals surface area (Å²) in [5.74, 6) is -0.621. The highest BCUT2D eigenvalue weighted by molar-refractivity contribution is 5.78. The van der Waals surface area contributed by atoms with Gasteiger partial charge in [-0.3, -0.25) is 0 Å². The lowest BCUT2D eigenvalue weighted by molar-refractivity contribution is -0.160. The Balaban J connectivity index is 2.47. The van der Waals surface area contributed by atoms with E-state index >= 15 is 0 Å². The Hall–Kier alpha value is -1.39. The average Bonchev–Trinajstić information content (AvgIpc) is 2.43. The monoisotopic (exact) mass is 279 g/mol. The summed E-state index contributed by atoms with van der Waals surface area (Å²) >= 11 is 0. The van der Waals surface area contributed by atoms with Crippen LogP contribution in [0.4, 0.5) is 0 Å². The van der Waals surface area contributed by atoms with Crippen molar-refractivity contribution in [2.24, 2.45) is 0 Å². The van der Waals surface area contributed by atoms with E-state index in [0.29, 0.717) is 0 Å². The van der Waals surface area contributed by atoms with Crippen LogP contribution in [-0.2, 0) is 16.0 Å². The SMILES string of the molecule is COC(=O)C(C)(O)CNC(C)(C)CCc1ccccc1. The number of hydrogen-bond donors (Lipinski definition) is 2. The number of nitrogens with one attached hydrogen (secondary N) is 1. The van der Waals surface area contributed by atoms with E-state index in [-0.39, 0.29) is 12.1 Å². The van der Waals surface area contributed by atoms with Crippen LogP contribution in [0.25, 0.3) is 0 Å². The minimum absolute atomic E-state index is 0.168. The molecule has 1 aromatic carbocycles. The van der Waals surface area contributed by atoms with Gasteiger partial charge in [0.25, 0.3) is 0 Å². The maximum atomic E-state index is 11.4. The van der Waals surface area contributed by atoms with Gasteiger partial charge in [0, 0.05) is 12.1 Å². The predicted molar refractivity (Wildman–Crippen MR) is 79.5 cm³/mol. The summed E-state index contributed by atoms with van der Waals surface area (Å²) < 4.78 is 4.58. The number of ether oxygens (including phenoxy) is 1. The molecular weight excluding hydrogens is 254 g/mol. The Bertz CT molecular complexity index is 427. The number of benzene rings is 1. The van der Waals surface area contributed by atoms with Crippen LogP contribution in [-0.4, -0.2) is 35.9 Å². The normalized spacial score (nSPS) is 14.7. The molecule has 1 rings (SSSR count). The van der Waals surface area contributed by atoms with Crippen LogP contribution < -0.4 is 5.32 Å². The van der Waals surface area contributed by atoms with Crippen molar-refractivity contribution >= 4 is 5.97 Å². The molecule has 0 bridgehead atoms. The van der Waals surface area contributed by atoms with E-state index in [1.807, 2.05) is 18.2 Å². The van der Waals surface area contributed by atoms with Gasteiger partial charge < -0.3 is 15.2 Å². The number of esters is 1. The summed E-state index contributed by atoms with van der Waals surface area (Å²) in [5.41, 5.74) is -0.394. The largest absolute Gasteiger partial charge is 0.467 e. The second kappa shape index (κ2) is 6.86. The lowest BCUT2D eigenvalue weighted by Crippen LogP contribution is -2.52. The lowest BCUT2D eigenvalue weighted by atomic mass is 9.94. The lowest BCUT2D eigenvalue weighted by Gasteiger charge is -2.30. The van der Waals surface area contributed by atoms with Gasteiger partial charge in [-0.15, -0.1) is 0 Å². The molecule has 0 fully saturated rings. The van der Waals surface area contributed by atoms with E-state index in [0.717, 1.165) is 12.8 Å². The van der Waals surface area contributed by atoms with Crippen LogP contribution in [0.5, 0.6) is 0 Å². The standard InChI is InChI=1S/C16H25NO3/c1-15(2,11-10-13-8-6-5-7-9-13)17-12-16(3,19)14(18)20-4/h5-9,17,19H,10-12H2,1-4H3. The fraction of sp³-hybridized carbons (Fsp3) is 0.562. The highest BCUT2D eigenvalue weighted by Crippen LogP contribution is 2.15. The zero-order valence-electron chi connectivity index (χ0n) is 12.8. The van der Waals surface area contributed by atoms with Crippen LogP contribution in [0.2, 0.25) is 0 Å². The molecule has 20 heavy (non-hydrogen) atoms. The van der Waals surface area contributed by atoms with Crippen molar-refractivity contribution in [2.75, 3.05) is 13.7 Å². The van der Waals surface area contributed by atoms with E-state index < -0.39 is 11.6 Å². The van der Waals surface area contributed by atoms with Gasteiger partial charge in [0.05, 0.1) is 7.11 Å². The fourth-order valence-corrected chi connectivity index (χ4v) is 1.89. The van der Waals surface area contributed by atoms with Crippen LogP contribution in [0.3, 0.4) is 0 Å². The molecule has 0 aromatic heterocycles. The van der Waals surface area contributed by atoms with Crippen molar-refractivity contribution < 1.29 is 14.6 Å². The molecule has 1 aromatic rings. The van der Waals surface area contributed by atoms with Crippen molar-refractivity contribution in [3.63, 3.8) is 0 Å². The topological polar surface area (TPSA) is 58.6 Å². The summed E-state index contributed by atoms with van der Waals surface area (Å²) in [4.78, 5) is 11.4. The Morgan fingerprint density at radius 2 is 1.85 bits per heavy atom. The van der Waals surface area contributed by atoms with Crippen molar-refractivity contribution in [3.05, 3.63) is 35.9 Å². The average molecular weight is 279 g/mol. The van der Waals surface area contributed by atoms with Crippen LogP contribution in [0, 0.1) is 0 Å². The number of hydrogen-bond acceptors (Lipinski definition) is 4. The maximum Gasteiger partial charge on any atom is 0.338 e. The number of aryl methyl sites for hydroxylation is 1. The Kier molecular flexibility index (Phi) is 5.72. The molecule has 2 N–H and O–H groups in total. The van der Waals surface area contributed by atoms with Gasteiger partial charge in [0.2, 0.25) is 0 Å². The zero-order chi connectivity index (χ0) is 15.2. The number of β-amino-alcohol motifs (C(OH)–C–C–N with tert-alkyl or cyclic N) is 1. The molecule has 0 heterocycles. The van der Waals surface area contributed by atoms with Gasteiger partial charge in [-0.25, -0.2) is 4.79 Å². The second-order valence-electron chi connectivity index (χ2n) is 5.99. The number of carbonyl (C=O) groups is 1. The Morgan fingerprint density at radius 3 is 2.40 bits per heavy atom. The van der Waals surface area contributed by atoms with Gasteiger partial charge in [-0.2, -0.15) is 0 Å². The van der Waals surface area contributed by atoms with Crippen molar-refractivity contribution in [3.8, 4) is 0 Å². The molecule has 0 saturated heterocycles. The summed E-state index contributed by atoms with van der Waals surface area (Å²) in [6.07, 6.45) is 1.86. The van der Waals surface area contributed by atoms with Crippen molar-refractivity contribution in [1.29, 1.82) is 0 Å². The third kappa shape index (κ3) is 5.31. The molecule has 0 aliphatic heterocycles. The first kappa shape index (κ1) is 16.7.